The summed E-state index contributed by atoms with van der Waals surface area (Å²) in [6.45, 7) is 4.91. The van der Waals surface area contributed by atoms with Gasteiger partial charge in [-0.3, -0.25) is 4.79 Å². The highest BCUT2D eigenvalue weighted by Crippen LogP contribution is 2.20. The minimum atomic E-state index is -0.137. The van der Waals surface area contributed by atoms with Crippen LogP contribution in [0.1, 0.15) is 32.3 Å². The number of benzene rings is 1. The molecule has 0 aromatic heterocycles. The van der Waals surface area contributed by atoms with Gasteiger partial charge in [0.2, 0.25) is 5.91 Å². The number of aliphatic hydroxyl groups excluding tert-OH is 1. The van der Waals surface area contributed by atoms with Crippen molar-refractivity contribution in [3.05, 3.63) is 40.9 Å². The molecule has 0 fully saturated rings. The second-order valence-corrected chi connectivity index (χ2v) is 5.97. The minimum Gasteiger partial charge on any atom is -0.396 e. The van der Waals surface area contributed by atoms with Gasteiger partial charge in [-0.25, -0.2) is 0 Å². The Hall–Kier alpha value is -1.32. The Balaban J connectivity index is 2.46. The van der Waals surface area contributed by atoms with Crippen molar-refractivity contribution in [2.45, 2.75) is 26.7 Å². The maximum absolute atomic E-state index is 11.8. The second kappa shape index (κ2) is 8.08. The van der Waals surface area contributed by atoms with Crippen molar-refractivity contribution in [1.29, 1.82) is 0 Å². The molecule has 0 bridgehead atoms. The Labute approximate surface area is 125 Å². The minimum absolute atomic E-state index is 0.0172. The fraction of sp³-hybridized carbons (Fsp3) is 0.438. The first kappa shape index (κ1) is 16.7. The van der Waals surface area contributed by atoms with Crippen LogP contribution in [0.3, 0.4) is 0 Å². The molecule has 0 heterocycles. The normalized spacial score (nSPS) is 11.8. The molecule has 1 aromatic rings. The molecule has 110 valence electrons. The third-order valence-corrected chi connectivity index (χ3v) is 3.42. The third-order valence-electron chi connectivity index (χ3n) is 3.07. The highest BCUT2D eigenvalue weighted by atomic mass is 35.5. The van der Waals surface area contributed by atoms with Crippen molar-refractivity contribution in [3.63, 3.8) is 0 Å². The quantitative estimate of drug-likeness (QED) is 0.759. The summed E-state index contributed by atoms with van der Waals surface area (Å²) in [4.78, 5) is 11.8. The van der Waals surface area contributed by atoms with E-state index in [-0.39, 0.29) is 17.9 Å². The number of carbonyl (C=O) groups is 1. The molecular formula is C16H22ClNO2. The van der Waals surface area contributed by atoms with E-state index < -0.39 is 0 Å². The van der Waals surface area contributed by atoms with Crippen LogP contribution < -0.4 is 5.32 Å². The largest absolute Gasteiger partial charge is 0.396 e. The van der Waals surface area contributed by atoms with Gasteiger partial charge < -0.3 is 10.4 Å². The first-order valence-electron chi connectivity index (χ1n) is 6.76. The van der Waals surface area contributed by atoms with Gasteiger partial charge in [-0.15, -0.1) is 0 Å². The topological polar surface area (TPSA) is 49.3 Å². The SMILES string of the molecule is CC(C)(CCCO)CNC(=O)/C=C/c1ccccc1Cl. The molecule has 0 atom stereocenters. The lowest BCUT2D eigenvalue weighted by atomic mass is 9.88. The molecule has 2 N–H and O–H groups in total. The van der Waals surface area contributed by atoms with Crippen molar-refractivity contribution in [2.24, 2.45) is 5.41 Å². The summed E-state index contributed by atoms with van der Waals surface area (Å²) in [5.41, 5.74) is 0.806. The van der Waals surface area contributed by atoms with Gasteiger partial charge in [0.05, 0.1) is 0 Å². The van der Waals surface area contributed by atoms with E-state index in [0.717, 1.165) is 18.4 Å². The lowest BCUT2D eigenvalue weighted by Gasteiger charge is -2.24. The van der Waals surface area contributed by atoms with Gasteiger partial charge in [0.25, 0.3) is 0 Å². The van der Waals surface area contributed by atoms with Gasteiger partial charge in [-0.2, -0.15) is 0 Å². The van der Waals surface area contributed by atoms with E-state index in [0.29, 0.717) is 11.6 Å². The van der Waals surface area contributed by atoms with Gasteiger partial charge >= 0.3 is 0 Å². The molecule has 1 rings (SSSR count). The number of halogens is 1. The van der Waals surface area contributed by atoms with Gasteiger partial charge in [0.1, 0.15) is 0 Å². The smallest absolute Gasteiger partial charge is 0.244 e. The Kier molecular flexibility index (Phi) is 6.76. The molecule has 1 aromatic carbocycles. The number of aliphatic hydroxyl groups is 1. The van der Waals surface area contributed by atoms with Gasteiger partial charge in [-0.05, 0) is 36.0 Å². The first-order chi connectivity index (χ1) is 9.44. The molecular weight excluding hydrogens is 274 g/mol. The number of carbonyl (C=O) groups excluding carboxylic acids is 1. The summed E-state index contributed by atoms with van der Waals surface area (Å²) in [5, 5.41) is 12.3. The van der Waals surface area contributed by atoms with Crippen LogP contribution in [0.15, 0.2) is 30.3 Å². The Morgan fingerprint density at radius 2 is 2.10 bits per heavy atom. The molecule has 4 heteroatoms. The molecule has 20 heavy (non-hydrogen) atoms. The standard InChI is InChI=1S/C16H22ClNO2/c1-16(2,10-5-11-19)12-18-15(20)9-8-13-6-3-4-7-14(13)17/h3-4,6-9,19H,5,10-12H2,1-2H3,(H,18,20)/b9-8+. The highest BCUT2D eigenvalue weighted by Gasteiger charge is 2.17. The summed E-state index contributed by atoms with van der Waals surface area (Å²) in [6, 6.07) is 7.37. The number of amides is 1. The van der Waals surface area contributed by atoms with Crippen LogP contribution in [0, 0.1) is 5.41 Å². The highest BCUT2D eigenvalue weighted by molar-refractivity contribution is 6.32. The van der Waals surface area contributed by atoms with Crippen molar-refractivity contribution >= 4 is 23.6 Å². The predicted molar refractivity (Wildman–Crippen MR) is 83.6 cm³/mol. The predicted octanol–water partition coefficient (Wildman–Crippen LogP) is 3.27. The van der Waals surface area contributed by atoms with E-state index >= 15 is 0 Å². The van der Waals surface area contributed by atoms with E-state index in [2.05, 4.69) is 19.2 Å². The zero-order chi connectivity index (χ0) is 15.0. The monoisotopic (exact) mass is 295 g/mol. The van der Waals surface area contributed by atoms with Gasteiger partial charge in [-0.1, -0.05) is 43.6 Å². The van der Waals surface area contributed by atoms with E-state index in [9.17, 15) is 4.79 Å². The Morgan fingerprint density at radius 3 is 2.75 bits per heavy atom. The number of hydrogen-bond donors (Lipinski definition) is 2. The number of nitrogens with one attached hydrogen (secondary N) is 1. The third kappa shape index (κ3) is 6.22. The number of rotatable bonds is 7. The fourth-order valence-corrected chi connectivity index (χ4v) is 2.01. The molecule has 1 amide bonds. The summed E-state index contributed by atoms with van der Waals surface area (Å²) in [6.07, 6.45) is 4.82. The van der Waals surface area contributed by atoms with Crippen molar-refractivity contribution < 1.29 is 9.90 Å². The lowest BCUT2D eigenvalue weighted by Crippen LogP contribution is -2.33. The maximum Gasteiger partial charge on any atom is 0.244 e. The van der Waals surface area contributed by atoms with Crippen molar-refractivity contribution in [2.75, 3.05) is 13.2 Å². The molecule has 0 unspecified atom stereocenters. The average Bonchev–Trinajstić information content (AvgIpc) is 2.42. The van der Waals surface area contributed by atoms with E-state index in [1.54, 1.807) is 12.1 Å². The molecule has 3 nitrogen and oxygen atoms in total. The Bertz CT molecular complexity index is 469. The van der Waals surface area contributed by atoms with E-state index in [1.165, 1.54) is 6.08 Å². The van der Waals surface area contributed by atoms with Crippen LogP contribution >= 0.6 is 11.6 Å². The molecule has 0 aliphatic carbocycles. The van der Waals surface area contributed by atoms with Crippen molar-refractivity contribution in [1.82, 2.24) is 5.32 Å². The Morgan fingerprint density at radius 1 is 1.40 bits per heavy atom. The fourth-order valence-electron chi connectivity index (χ4n) is 1.81. The van der Waals surface area contributed by atoms with Crippen LogP contribution in [-0.2, 0) is 4.79 Å². The average molecular weight is 296 g/mol. The first-order valence-corrected chi connectivity index (χ1v) is 7.14. The molecule has 0 saturated carbocycles. The second-order valence-electron chi connectivity index (χ2n) is 5.56. The summed E-state index contributed by atoms with van der Waals surface area (Å²) < 4.78 is 0. The summed E-state index contributed by atoms with van der Waals surface area (Å²) >= 11 is 6.01. The lowest BCUT2D eigenvalue weighted by molar-refractivity contribution is -0.116. The summed E-state index contributed by atoms with van der Waals surface area (Å²) in [7, 11) is 0. The molecule has 0 radical (unpaired) electrons. The van der Waals surface area contributed by atoms with Crippen LogP contribution in [0.4, 0.5) is 0 Å². The zero-order valence-corrected chi connectivity index (χ0v) is 12.8. The van der Waals surface area contributed by atoms with Crippen LogP contribution in [0.5, 0.6) is 0 Å². The zero-order valence-electron chi connectivity index (χ0n) is 12.0. The molecule has 0 saturated heterocycles. The van der Waals surface area contributed by atoms with Gasteiger partial charge in [0, 0.05) is 24.3 Å². The van der Waals surface area contributed by atoms with Gasteiger partial charge in [0.15, 0.2) is 0 Å². The van der Waals surface area contributed by atoms with Crippen LogP contribution in [0.2, 0.25) is 5.02 Å². The van der Waals surface area contributed by atoms with E-state index in [1.807, 2.05) is 18.2 Å². The van der Waals surface area contributed by atoms with Crippen LogP contribution in [-0.4, -0.2) is 24.2 Å². The molecule has 0 spiro atoms. The maximum atomic E-state index is 11.8. The summed E-state index contributed by atoms with van der Waals surface area (Å²) in [5.74, 6) is -0.137. The number of hydrogen-bond acceptors (Lipinski definition) is 2. The van der Waals surface area contributed by atoms with E-state index in [4.69, 9.17) is 16.7 Å². The van der Waals surface area contributed by atoms with Crippen molar-refractivity contribution in [3.8, 4) is 0 Å². The molecule has 0 aliphatic heterocycles. The molecule has 0 aliphatic rings. The van der Waals surface area contributed by atoms with Crippen LogP contribution in [0.25, 0.3) is 6.08 Å².